The van der Waals surface area contributed by atoms with E-state index < -0.39 is 5.97 Å². The molecule has 2 aromatic rings. The third-order valence-corrected chi connectivity index (χ3v) is 2.64. The van der Waals surface area contributed by atoms with Gasteiger partial charge in [-0.05, 0) is 23.8 Å². The molecule has 0 aliphatic heterocycles. The summed E-state index contributed by atoms with van der Waals surface area (Å²) in [5.41, 5.74) is 2.50. The van der Waals surface area contributed by atoms with Gasteiger partial charge in [-0.15, -0.1) is 0 Å². The number of benzene rings is 1. The Kier molecular flexibility index (Phi) is 3.14. The second-order valence-corrected chi connectivity index (χ2v) is 3.93. The molecule has 4 heteroatoms. The van der Waals surface area contributed by atoms with Crippen molar-refractivity contribution in [2.75, 3.05) is 11.9 Å². The van der Waals surface area contributed by atoms with Crippen molar-refractivity contribution in [2.24, 2.45) is 0 Å². The first-order valence-corrected chi connectivity index (χ1v) is 5.33. The average molecular weight is 230 g/mol. The summed E-state index contributed by atoms with van der Waals surface area (Å²) in [4.78, 5) is 15.8. The van der Waals surface area contributed by atoms with Crippen LogP contribution in [-0.2, 0) is 6.54 Å². The number of carbonyl (C=O) groups is 1. The second kappa shape index (κ2) is 4.74. The fraction of sp³-hybridized carbons (Fsp3) is 0.154. The minimum absolute atomic E-state index is 0.318. The Morgan fingerprint density at radius 1 is 1.29 bits per heavy atom. The Labute approximate surface area is 99.5 Å². The van der Waals surface area contributed by atoms with E-state index in [1.807, 2.05) is 37.6 Å². The van der Waals surface area contributed by atoms with Crippen LogP contribution in [0.15, 0.2) is 42.7 Å². The molecule has 4 nitrogen and oxygen atoms in total. The van der Waals surface area contributed by atoms with Crippen LogP contribution < -0.4 is 4.90 Å². The van der Waals surface area contributed by atoms with E-state index in [1.165, 1.54) is 0 Å². The molecule has 0 radical (unpaired) electrons. The Morgan fingerprint density at radius 3 is 2.53 bits per heavy atom. The molecule has 0 spiro atoms. The van der Waals surface area contributed by atoms with Crippen molar-refractivity contribution in [1.29, 1.82) is 0 Å². The summed E-state index contributed by atoms with van der Waals surface area (Å²) in [5.74, 6) is -0.893. The van der Waals surface area contributed by atoms with E-state index in [4.69, 9.17) is 5.11 Å². The molecule has 17 heavy (non-hydrogen) atoms. The minimum Gasteiger partial charge on any atom is -0.478 e. The highest BCUT2D eigenvalue weighted by Gasteiger charge is 2.04. The first-order valence-electron chi connectivity index (χ1n) is 5.33. The van der Waals surface area contributed by atoms with Gasteiger partial charge in [0.1, 0.15) is 0 Å². The summed E-state index contributed by atoms with van der Waals surface area (Å²) in [5, 5.41) is 8.79. The SMILES string of the molecule is CN(Cc1ccc(C(=O)O)cc1)c1cc[nH]c1. The first kappa shape index (κ1) is 11.3. The minimum atomic E-state index is -0.893. The molecule has 0 saturated carbocycles. The van der Waals surface area contributed by atoms with Crippen LogP contribution >= 0.6 is 0 Å². The van der Waals surface area contributed by atoms with E-state index in [0.29, 0.717) is 5.56 Å². The molecular formula is C13H14N2O2. The van der Waals surface area contributed by atoms with E-state index >= 15 is 0 Å². The number of H-pyrrole nitrogens is 1. The fourth-order valence-electron chi connectivity index (χ4n) is 1.67. The average Bonchev–Trinajstić information content (AvgIpc) is 2.83. The highest BCUT2D eigenvalue weighted by atomic mass is 16.4. The van der Waals surface area contributed by atoms with Crippen molar-refractivity contribution < 1.29 is 9.90 Å². The predicted molar refractivity (Wildman–Crippen MR) is 66.3 cm³/mol. The van der Waals surface area contributed by atoms with Crippen LogP contribution in [0.5, 0.6) is 0 Å². The molecule has 1 heterocycles. The highest BCUT2D eigenvalue weighted by molar-refractivity contribution is 5.87. The number of aromatic carboxylic acids is 1. The highest BCUT2D eigenvalue weighted by Crippen LogP contribution is 2.14. The molecule has 0 amide bonds. The Morgan fingerprint density at radius 2 is 2.00 bits per heavy atom. The van der Waals surface area contributed by atoms with Gasteiger partial charge in [0.15, 0.2) is 0 Å². The third-order valence-electron chi connectivity index (χ3n) is 2.64. The molecule has 2 N–H and O–H groups in total. The Hall–Kier alpha value is -2.23. The number of carboxylic acids is 1. The predicted octanol–water partition coefficient (Wildman–Crippen LogP) is 2.35. The van der Waals surface area contributed by atoms with Gasteiger partial charge in [-0.2, -0.15) is 0 Å². The lowest BCUT2D eigenvalue weighted by Crippen LogP contribution is -2.15. The maximum Gasteiger partial charge on any atom is 0.335 e. The van der Waals surface area contributed by atoms with Gasteiger partial charge in [-0.25, -0.2) is 4.79 Å². The summed E-state index contributed by atoms with van der Waals surface area (Å²) < 4.78 is 0. The lowest BCUT2D eigenvalue weighted by Gasteiger charge is -2.17. The molecule has 0 unspecified atom stereocenters. The van der Waals surface area contributed by atoms with Gasteiger partial charge in [-0.3, -0.25) is 0 Å². The van der Waals surface area contributed by atoms with Gasteiger partial charge in [0.25, 0.3) is 0 Å². The molecular weight excluding hydrogens is 216 g/mol. The monoisotopic (exact) mass is 230 g/mol. The van der Waals surface area contributed by atoms with Crippen molar-refractivity contribution in [3.05, 3.63) is 53.9 Å². The first-order chi connectivity index (χ1) is 8.16. The molecule has 0 saturated heterocycles. The molecule has 0 atom stereocenters. The number of aromatic amines is 1. The Balaban J connectivity index is 2.06. The lowest BCUT2D eigenvalue weighted by molar-refractivity contribution is 0.0697. The third kappa shape index (κ3) is 2.66. The van der Waals surface area contributed by atoms with Crippen molar-refractivity contribution in [2.45, 2.75) is 6.54 Å². The van der Waals surface area contributed by atoms with Gasteiger partial charge in [-0.1, -0.05) is 12.1 Å². The normalized spacial score (nSPS) is 10.2. The summed E-state index contributed by atoms with van der Waals surface area (Å²) in [7, 11) is 1.99. The van der Waals surface area contributed by atoms with Gasteiger partial charge in [0.2, 0.25) is 0 Å². The van der Waals surface area contributed by atoms with Crippen molar-refractivity contribution in [1.82, 2.24) is 4.98 Å². The molecule has 0 fully saturated rings. The maximum absolute atomic E-state index is 10.7. The smallest absolute Gasteiger partial charge is 0.335 e. The van der Waals surface area contributed by atoms with Gasteiger partial charge in [0, 0.05) is 26.0 Å². The van der Waals surface area contributed by atoms with Crippen LogP contribution in [0.1, 0.15) is 15.9 Å². The molecule has 0 aliphatic carbocycles. The summed E-state index contributed by atoms with van der Waals surface area (Å²) in [6, 6.07) is 8.93. The molecule has 0 aliphatic rings. The largest absolute Gasteiger partial charge is 0.478 e. The zero-order valence-corrected chi connectivity index (χ0v) is 9.55. The van der Waals surface area contributed by atoms with E-state index in [0.717, 1.165) is 17.8 Å². The zero-order valence-electron chi connectivity index (χ0n) is 9.55. The number of hydrogen-bond acceptors (Lipinski definition) is 2. The van der Waals surface area contributed by atoms with Crippen molar-refractivity contribution in [3.8, 4) is 0 Å². The van der Waals surface area contributed by atoms with Gasteiger partial charge < -0.3 is 15.0 Å². The number of carboxylic acid groups (broad SMARTS) is 1. The molecule has 2 rings (SSSR count). The van der Waals surface area contributed by atoms with E-state index in [1.54, 1.807) is 12.1 Å². The summed E-state index contributed by atoms with van der Waals surface area (Å²) >= 11 is 0. The number of hydrogen-bond donors (Lipinski definition) is 2. The fourth-order valence-corrected chi connectivity index (χ4v) is 1.67. The van der Waals surface area contributed by atoms with Crippen LogP contribution in [0.3, 0.4) is 0 Å². The van der Waals surface area contributed by atoms with Crippen LogP contribution in [0.25, 0.3) is 0 Å². The van der Waals surface area contributed by atoms with Crippen LogP contribution in [0.2, 0.25) is 0 Å². The topological polar surface area (TPSA) is 56.3 Å². The quantitative estimate of drug-likeness (QED) is 0.847. The molecule has 1 aromatic heterocycles. The van der Waals surface area contributed by atoms with E-state index in [-0.39, 0.29) is 0 Å². The zero-order chi connectivity index (χ0) is 12.3. The van der Waals surface area contributed by atoms with Crippen LogP contribution in [0, 0.1) is 0 Å². The number of nitrogens with zero attached hydrogens (tertiary/aromatic N) is 1. The van der Waals surface area contributed by atoms with Gasteiger partial charge >= 0.3 is 5.97 Å². The number of rotatable bonds is 4. The Bertz CT molecular complexity index is 489. The molecule has 1 aromatic carbocycles. The van der Waals surface area contributed by atoms with Gasteiger partial charge in [0.05, 0.1) is 11.3 Å². The van der Waals surface area contributed by atoms with Crippen LogP contribution in [0.4, 0.5) is 5.69 Å². The van der Waals surface area contributed by atoms with Crippen molar-refractivity contribution >= 4 is 11.7 Å². The maximum atomic E-state index is 10.7. The number of nitrogens with one attached hydrogen (secondary N) is 1. The van der Waals surface area contributed by atoms with Crippen molar-refractivity contribution in [3.63, 3.8) is 0 Å². The molecule has 88 valence electrons. The molecule has 0 bridgehead atoms. The standard InChI is InChI=1S/C13H14N2O2/c1-15(12-6-7-14-8-12)9-10-2-4-11(5-3-10)13(16)17/h2-8,14H,9H2,1H3,(H,16,17). The van der Waals surface area contributed by atoms with E-state index in [2.05, 4.69) is 9.88 Å². The second-order valence-electron chi connectivity index (χ2n) is 3.93. The summed E-state index contributed by atoms with van der Waals surface area (Å²) in [6.45, 7) is 0.748. The van der Waals surface area contributed by atoms with Crippen LogP contribution in [-0.4, -0.2) is 23.1 Å². The lowest BCUT2D eigenvalue weighted by atomic mass is 10.1. The van der Waals surface area contributed by atoms with E-state index in [9.17, 15) is 4.79 Å². The number of anilines is 1. The number of aromatic nitrogens is 1. The summed E-state index contributed by atoms with van der Waals surface area (Å²) in [6.07, 6.45) is 3.80.